The van der Waals surface area contributed by atoms with Crippen LogP contribution in [0.25, 0.3) is 10.8 Å². The molecule has 0 saturated carbocycles. The van der Waals surface area contributed by atoms with Gasteiger partial charge in [-0.2, -0.15) is 0 Å². The largest absolute Gasteiger partial charge is 0.352 e. The standard InChI is InChI=1S/C32H28N3O7P/c36-34(37)30-16-8-6-14-28(30)22-41-43(40,42-23-29-15-7-9-17-31(29)35(38)39)32(33-21-24-10-2-1-3-11-24)27-19-18-25-12-4-5-13-26(25)20-27/h1-20,32-33H,21-23H2/t32-/m0/s1. The summed E-state index contributed by atoms with van der Waals surface area (Å²) in [5.74, 6) is -1.03. The number of rotatable bonds is 13. The summed E-state index contributed by atoms with van der Waals surface area (Å²) >= 11 is 0. The molecule has 1 N–H and O–H groups in total. The van der Waals surface area contributed by atoms with Crippen LogP contribution in [0, 0.1) is 20.2 Å². The van der Waals surface area contributed by atoms with E-state index in [9.17, 15) is 24.8 Å². The molecule has 0 radical (unpaired) electrons. The third-order valence-corrected chi connectivity index (χ3v) is 9.02. The van der Waals surface area contributed by atoms with Crippen molar-refractivity contribution in [3.05, 3.63) is 164 Å². The number of hydrogen-bond acceptors (Lipinski definition) is 8. The van der Waals surface area contributed by atoms with E-state index in [1.807, 2.05) is 72.8 Å². The number of nitrogens with one attached hydrogen (secondary N) is 1. The second-order valence-electron chi connectivity index (χ2n) is 9.73. The van der Waals surface area contributed by atoms with Crippen LogP contribution in [0.2, 0.25) is 0 Å². The van der Waals surface area contributed by atoms with E-state index in [0.717, 1.165) is 16.3 Å². The molecular formula is C32H28N3O7P. The van der Waals surface area contributed by atoms with Crippen LogP contribution in [0.15, 0.2) is 121 Å². The normalized spacial score (nSPS) is 12.2. The Morgan fingerprint density at radius 1 is 0.651 bits per heavy atom. The first-order valence-corrected chi connectivity index (χ1v) is 15.0. The predicted octanol–water partition coefficient (Wildman–Crippen LogP) is 8.07. The fourth-order valence-electron chi connectivity index (χ4n) is 4.73. The molecule has 0 heterocycles. The number of benzene rings is 5. The fourth-order valence-corrected chi connectivity index (χ4v) is 6.58. The fraction of sp³-hybridized carbons (Fsp3) is 0.125. The van der Waals surface area contributed by atoms with Crippen molar-refractivity contribution in [2.75, 3.05) is 0 Å². The van der Waals surface area contributed by atoms with Gasteiger partial charge < -0.3 is 9.05 Å². The average molecular weight is 598 g/mol. The number of nitrogens with zero attached hydrogens (tertiary/aromatic N) is 2. The molecule has 1 atom stereocenters. The topological polar surface area (TPSA) is 134 Å². The Balaban J connectivity index is 1.56. The van der Waals surface area contributed by atoms with Crippen LogP contribution in [-0.2, 0) is 33.4 Å². The van der Waals surface area contributed by atoms with Gasteiger partial charge in [0.05, 0.1) is 34.2 Å². The van der Waals surface area contributed by atoms with Crippen molar-refractivity contribution in [3.8, 4) is 0 Å². The Morgan fingerprint density at radius 2 is 1.16 bits per heavy atom. The zero-order valence-electron chi connectivity index (χ0n) is 22.9. The highest BCUT2D eigenvalue weighted by atomic mass is 31.2. The van der Waals surface area contributed by atoms with Gasteiger partial charge in [0.2, 0.25) is 0 Å². The second-order valence-corrected chi connectivity index (χ2v) is 11.8. The minimum atomic E-state index is -4.25. The van der Waals surface area contributed by atoms with E-state index in [2.05, 4.69) is 5.32 Å². The van der Waals surface area contributed by atoms with Crippen molar-refractivity contribution in [1.82, 2.24) is 5.32 Å². The molecule has 5 aromatic carbocycles. The van der Waals surface area contributed by atoms with Gasteiger partial charge in [0.25, 0.3) is 11.4 Å². The third kappa shape index (κ3) is 7.20. The summed E-state index contributed by atoms with van der Waals surface area (Å²) < 4.78 is 27.0. The van der Waals surface area contributed by atoms with Crippen LogP contribution in [0.4, 0.5) is 11.4 Å². The molecule has 11 heteroatoms. The van der Waals surface area contributed by atoms with Crippen molar-refractivity contribution in [3.63, 3.8) is 0 Å². The molecule has 218 valence electrons. The van der Waals surface area contributed by atoms with Gasteiger partial charge >= 0.3 is 7.60 Å². The van der Waals surface area contributed by atoms with Crippen molar-refractivity contribution < 1.29 is 23.5 Å². The first-order chi connectivity index (χ1) is 20.8. The van der Waals surface area contributed by atoms with Gasteiger partial charge in [-0.15, -0.1) is 0 Å². The van der Waals surface area contributed by atoms with E-state index in [-0.39, 0.29) is 35.7 Å². The molecule has 0 amide bonds. The van der Waals surface area contributed by atoms with Crippen LogP contribution in [0.5, 0.6) is 0 Å². The van der Waals surface area contributed by atoms with Crippen LogP contribution in [-0.4, -0.2) is 9.85 Å². The number of fused-ring (bicyclic) bond motifs is 1. The van der Waals surface area contributed by atoms with E-state index in [1.54, 1.807) is 12.1 Å². The van der Waals surface area contributed by atoms with Gasteiger partial charge in [-0.05, 0) is 40.1 Å². The lowest BCUT2D eigenvalue weighted by Crippen LogP contribution is -2.23. The molecule has 0 spiro atoms. The molecule has 0 aliphatic rings. The molecule has 0 aromatic heterocycles. The maximum atomic E-state index is 14.9. The number of para-hydroxylation sites is 2. The molecule has 0 fully saturated rings. The highest BCUT2D eigenvalue weighted by molar-refractivity contribution is 7.54. The molecule has 0 aliphatic heterocycles. The van der Waals surface area contributed by atoms with E-state index in [1.165, 1.54) is 36.4 Å². The van der Waals surface area contributed by atoms with Gasteiger partial charge in [0.1, 0.15) is 5.78 Å². The minimum Gasteiger partial charge on any atom is -0.302 e. The summed E-state index contributed by atoms with van der Waals surface area (Å²) in [6.07, 6.45) is 0. The predicted molar refractivity (Wildman–Crippen MR) is 163 cm³/mol. The van der Waals surface area contributed by atoms with Crippen molar-refractivity contribution in [2.24, 2.45) is 0 Å². The molecular weight excluding hydrogens is 569 g/mol. The summed E-state index contributed by atoms with van der Waals surface area (Å²) in [6, 6.07) is 34.8. The first kappa shape index (κ1) is 29.8. The summed E-state index contributed by atoms with van der Waals surface area (Å²) in [6.45, 7) is -0.475. The SMILES string of the molecule is O=[N+]([O-])c1ccccc1COP(=O)(OCc1ccccc1[N+](=O)[O-])[C@H](NCc1ccccc1)c1ccc2ccccc2c1. The Bertz CT molecular complexity index is 1730. The van der Waals surface area contributed by atoms with E-state index in [0.29, 0.717) is 12.1 Å². The number of hydrogen-bond donors (Lipinski definition) is 1. The van der Waals surface area contributed by atoms with Crippen molar-refractivity contribution >= 4 is 29.7 Å². The Kier molecular flexibility index (Phi) is 9.34. The smallest absolute Gasteiger partial charge is 0.302 e. The van der Waals surface area contributed by atoms with Gasteiger partial charge in [-0.25, -0.2) is 0 Å². The molecule has 10 nitrogen and oxygen atoms in total. The quantitative estimate of drug-likeness (QED) is 0.0818. The number of nitro benzene ring substituents is 2. The molecule has 0 saturated heterocycles. The van der Waals surface area contributed by atoms with Crippen LogP contribution in [0.1, 0.15) is 28.0 Å². The van der Waals surface area contributed by atoms with Gasteiger partial charge in [-0.1, -0.05) is 91.0 Å². The highest BCUT2D eigenvalue weighted by Gasteiger charge is 2.39. The summed E-state index contributed by atoms with van der Waals surface area (Å²) in [7, 11) is -4.25. The van der Waals surface area contributed by atoms with E-state index >= 15 is 0 Å². The van der Waals surface area contributed by atoms with Gasteiger partial charge in [0.15, 0.2) is 0 Å². The molecule has 5 rings (SSSR count). The lowest BCUT2D eigenvalue weighted by atomic mass is 10.1. The number of nitro groups is 2. The highest BCUT2D eigenvalue weighted by Crippen LogP contribution is 2.61. The average Bonchev–Trinajstić information content (AvgIpc) is 3.03. The zero-order valence-corrected chi connectivity index (χ0v) is 23.8. The third-order valence-electron chi connectivity index (χ3n) is 6.92. The molecule has 5 aromatic rings. The van der Waals surface area contributed by atoms with Crippen molar-refractivity contribution in [1.29, 1.82) is 0 Å². The van der Waals surface area contributed by atoms with Crippen LogP contribution < -0.4 is 5.32 Å². The summed E-state index contributed by atoms with van der Waals surface area (Å²) in [5, 5.41) is 28.5. The second kappa shape index (κ2) is 13.5. The monoisotopic (exact) mass is 597 g/mol. The minimum absolute atomic E-state index is 0.188. The molecule has 0 unspecified atom stereocenters. The maximum Gasteiger partial charge on any atom is 0.352 e. The first-order valence-electron chi connectivity index (χ1n) is 13.4. The Morgan fingerprint density at radius 3 is 1.74 bits per heavy atom. The van der Waals surface area contributed by atoms with E-state index < -0.39 is 23.2 Å². The Hall–Kier alpha value is -4.73. The molecule has 0 bridgehead atoms. The van der Waals surface area contributed by atoms with Crippen LogP contribution >= 0.6 is 7.60 Å². The zero-order chi connectivity index (χ0) is 30.2. The summed E-state index contributed by atoms with van der Waals surface area (Å²) in [4.78, 5) is 22.3. The van der Waals surface area contributed by atoms with E-state index in [4.69, 9.17) is 9.05 Å². The summed E-state index contributed by atoms with van der Waals surface area (Å²) in [5.41, 5.74) is 1.56. The van der Waals surface area contributed by atoms with Crippen molar-refractivity contribution in [2.45, 2.75) is 25.5 Å². The van der Waals surface area contributed by atoms with Gasteiger partial charge in [-0.3, -0.25) is 30.1 Å². The molecule has 0 aliphatic carbocycles. The Labute approximate surface area is 247 Å². The maximum absolute atomic E-state index is 14.9. The van der Waals surface area contributed by atoms with Gasteiger partial charge in [0, 0.05) is 18.7 Å². The van der Waals surface area contributed by atoms with Crippen LogP contribution in [0.3, 0.4) is 0 Å². The lowest BCUT2D eigenvalue weighted by molar-refractivity contribution is -0.385. The lowest BCUT2D eigenvalue weighted by Gasteiger charge is -2.28. The molecule has 43 heavy (non-hydrogen) atoms.